The Kier molecular flexibility index (Phi) is 4.77. The molecule has 2 aromatic rings. The molecule has 1 heterocycles. The van der Waals surface area contributed by atoms with E-state index in [9.17, 15) is 5.11 Å². The van der Waals surface area contributed by atoms with Crippen LogP contribution in [0.15, 0.2) is 42.7 Å². The van der Waals surface area contributed by atoms with Crippen LogP contribution < -0.4 is 4.74 Å². The molecule has 0 spiro atoms. The molecule has 1 aromatic heterocycles. The van der Waals surface area contributed by atoms with Crippen molar-refractivity contribution in [3.63, 3.8) is 0 Å². The van der Waals surface area contributed by atoms with E-state index in [-0.39, 0.29) is 0 Å². The van der Waals surface area contributed by atoms with Crippen molar-refractivity contribution in [1.82, 2.24) is 4.98 Å². The monoisotopic (exact) mass is 277 g/mol. The number of aliphatic hydroxyl groups excluding tert-OH is 1. The lowest BCUT2D eigenvalue weighted by atomic mass is 10.1. The van der Waals surface area contributed by atoms with Crippen molar-refractivity contribution in [3.05, 3.63) is 58.9 Å². The zero-order chi connectivity index (χ0) is 13.7. The van der Waals surface area contributed by atoms with Gasteiger partial charge < -0.3 is 9.84 Å². The number of rotatable bonds is 5. The molecule has 0 radical (unpaired) electrons. The van der Waals surface area contributed by atoms with Gasteiger partial charge in [-0.1, -0.05) is 17.7 Å². The zero-order valence-electron chi connectivity index (χ0n) is 10.7. The van der Waals surface area contributed by atoms with Crippen LogP contribution in [0.3, 0.4) is 0 Å². The highest BCUT2D eigenvalue weighted by molar-refractivity contribution is 6.32. The van der Waals surface area contributed by atoms with Gasteiger partial charge in [0.15, 0.2) is 0 Å². The lowest BCUT2D eigenvalue weighted by Gasteiger charge is -2.10. The van der Waals surface area contributed by atoms with Gasteiger partial charge in [-0.15, -0.1) is 0 Å². The van der Waals surface area contributed by atoms with Gasteiger partial charge in [0, 0.05) is 18.8 Å². The van der Waals surface area contributed by atoms with Crippen LogP contribution in [0.1, 0.15) is 24.2 Å². The molecule has 0 aliphatic carbocycles. The first-order valence-electron chi connectivity index (χ1n) is 6.16. The van der Waals surface area contributed by atoms with E-state index in [2.05, 4.69) is 4.98 Å². The smallest absolute Gasteiger partial charge is 0.137 e. The Morgan fingerprint density at radius 1 is 1.26 bits per heavy atom. The lowest BCUT2D eigenvalue weighted by molar-refractivity contribution is 0.199. The van der Waals surface area contributed by atoms with Gasteiger partial charge >= 0.3 is 0 Å². The van der Waals surface area contributed by atoms with E-state index in [1.807, 2.05) is 18.2 Å². The summed E-state index contributed by atoms with van der Waals surface area (Å²) in [5.74, 6) is 0.639. The average molecular weight is 278 g/mol. The van der Waals surface area contributed by atoms with Gasteiger partial charge in [0.25, 0.3) is 0 Å². The predicted octanol–water partition coefficient (Wildman–Crippen LogP) is 3.41. The topological polar surface area (TPSA) is 42.4 Å². The predicted molar refractivity (Wildman–Crippen MR) is 75.5 cm³/mol. The van der Waals surface area contributed by atoms with Crippen molar-refractivity contribution in [1.29, 1.82) is 0 Å². The quantitative estimate of drug-likeness (QED) is 0.911. The van der Waals surface area contributed by atoms with Crippen LogP contribution in [0, 0.1) is 0 Å². The van der Waals surface area contributed by atoms with Crippen LogP contribution >= 0.6 is 11.6 Å². The third-order valence-corrected chi connectivity index (χ3v) is 3.13. The summed E-state index contributed by atoms with van der Waals surface area (Å²) in [6.07, 6.45) is 3.81. The number of benzene rings is 1. The molecule has 2 rings (SSSR count). The lowest BCUT2D eigenvalue weighted by Crippen LogP contribution is -2.02. The van der Waals surface area contributed by atoms with Crippen LogP contribution in [0.5, 0.6) is 5.75 Å². The molecule has 100 valence electrons. The van der Waals surface area contributed by atoms with Gasteiger partial charge in [-0.05, 0) is 42.3 Å². The Morgan fingerprint density at radius 2 is 2.00 bits per heavy atom. The number of pyridine rings is 1. The second-order valence-electron chi connectivity index (χ2n) is 4.32. The fourth-order valence-electron chi connectivity index (χ4n) is 1.72. The molecule has 0 saturated heterocycles. The molecule has 0 bridgehead atoms. The van der Waals surface area contributed by atoms with Crippen molar-refractivity contribution in [2.75, 3.05) is 6.61 Å². The third kappa shape index (κ3) is 3.94. The number of aromatic nitrogens is 1. The maximum absolute atomic E-state index is 9.46. The van der Waals surface area contributed by atoms with Crippen LogP contribution in [0.4, 0.5) is 0 Å². The first-order valence-corrected chi connectivity index (χ1v) is 6.54. The molecule has 4 heteroatoms. The molecule has 3 nitrogen and oxygen atoms in total. The Labute approximate surface area is 117 Å². The summed E-state index contributed by atoms with van der Waals surface area (Å²) in [7, 11) is 0. The largest absolute Gasteiger partial charge is 0.492 e. The van der Waals surface area contributed by atoms with E-state index in [1.165, 1.54) is 5.56 Å². The summed E-state index contributed by atoms with van der Waals surface area (Å²) in [6.45, 7) is 2.26. The fraction of sp³-hybridized carbons (Fsp3) is 0.267. The Hall–Kier alpha value is -1.58. The third-order valence-electron chi connectivity index (χ3n) is 2.84. The van der Waals surface area contributed by atoms with Crippen molar-refractivity contribution < 1.29 is 9.84 Å². The molecule has 19 heavy (non-hydrogen) atoms. The Bertz CT molecular complexity index is 529. The zero-order valence-corrected chi connectivity index (χ0v) is 11.5. The SMILES string of the molecule is C[C@H](O)c1ccc(OCCc2ccncc2)c(Cl)c1. The van der Waals surface area contributed by atoms with Crippen molar-refractivity contribution in [2.24, 2.45) is 0 Å². The summed E-state index contributed by atoms with van der Waals surface area (Å²) < 4.78 is 5.64. The fourth-order valence-corrected chi connectivity index (χ4v) is 1.97. The van der Waals surface area contributed by atoms with E-state index < -0.39 is 6.10 Å². The van der Waals surface area contributed by atoms with Crippen LogP contribution in [0.25, 0.3) is 0 Å². The first-order chi connectivity index (χ1) is 9.16. The molecule has 0 unspecified atom stereocenters. The molecule has 0 saturated carbocycles. The first kappa shape index (κ1) is 13.8. The van der Waals surface area contributed by atoms with E-state index >= 15 is 0 Å². The number of halogens is 1. The van der Waals surface area contributed by atoms with E-state index in [4.69, 9.17) is 16.3 Å². The molecule has 0 fully saturated rings. The Morgan fingerprint density at radius 3 is 2.63 bits per heavy atom. The van der Waals surface area contributed by atoms with E-state index in [0.717, 1.165) is 12.0 Å². The standard InChI is InChI=1S/C15H16ClNO2/c1-11(18)13-2-3-15(14(16)10-13)19-9-6-12-4-7-17-8-5-12/h2-5,7-8,10-11,18H,6,9H2,1H3/t11-/m0/s1. The van der Waals surface area contributed by atoms with Crippen LogP contribution in [-0.4, -0.2) is 16.7 Å². The normalized spacial score (nSPS) is 12.2. The number of aliphatic hydroxyl groups is 1. The molecule has 1 atom stereocenters. The summed E-state index contributed by atoms with van der Waals surface area (Å²) in [4.78, 5) is 3.97. The second kappa shape index (κ2) is 6.55. The minimum absolute atomic E-state index is 0.521. The maximum atomic E-state index is 9.46. The average Bonchev–Trinajstić information content (AvgIpc) is 2.41. The van der Waals surface area contributed by atoms with Crippen molar-refractivity contribution in [2.45, 2.75) is 19.4 Å². The highest BCUT2D eigenvalue weighted by atomic mass is 35.5. The highest BCUT2D eigenvalue weighted by Gasteiger charge is 2.06. The molecule has 0 aliphatic heterocycles. The molecular weight excluding hydrogens is 262 g/mol. The molecule has 1 N–H and O–H groups in total. The van der Waals surface area contributed by atoms with Gasteiger partial charge in [0.05, 0.1) is 17.7 Å². The molecule has 0 amide bonds. The second-order valence-corrected chi connectivity index (χ2v) is 4.73. The van der Waals surface area contributed by atoms with Gasteiger partial charge in [0.1, 0.15) is 5.75 Å². The van der Waals surface area contributed by atoms with E-state index in [0.29, 0.717) is 17.4 Å². The highest BCUT2D eigenvalue weighted by Crippen LogP contribution is 2.27. The minimum Gasteiger partial charge on any atom is -0.492 e. The van der Waals surface area contributed by atoms with Gasteiger partial charge in [-0.25, -0.2) is 0 Å². The Balaban J connectivity index is 1.93. The van der Waals surface area contributed by atoms with Gasteiger partial charge in [-0.3, -0.25) is 4.98 Å². The number of hydrogen-bond acceptors (Lipinski definition) is 3. The van der Waals surface area contributed by atoms with Crippen molar-refractivity contribution in [3.8, 4) is 5.75 Å². The number of hydrogen-bond donors (Lipinski definition) is 1. The summed E-state index contributed by atoms with van der Waals surface area (Å²) >= 11 is 6.11. The molecule has 1 aromatic carbocycles. The minimum atomic E-state index is -0.525. The summed E-state index contributed by atoms with van der Waals surface area (Å²) in [6, 6.07) is 9.26. The molecule has 0 aliphatic rings. The van der Waals surface area contributed by atoms with E-state index in [1.54, 1.807) is 31.5 Å². The van der Waals surface area contributed by atoms with Crippen molar-refractivity contribution >= 4 is 11.6 Å². The van der Waals surface area contributed by atoms with Gasteiger partial charge in [-0.2, -0.15) is 0 Å². The van der Waals surface area contributed by atoms with Gasteiger partial charge in [0.2, 0.25) is 0 Å². The molecular formula is C15H16ClNO2. The summed E-state index contributed by atoms with van der Waals surface area (Å²) in [5.41, 5.74) is 1.96. The number of ether oxygens (including phenoxy) is 1. The summed E-state index contributed by atoms with van der Waals surface area (Å²) in [5, 5.41) is 9.98. The van der Waals surface area contributed by atoms with Crippen LogP contribution in [0.2, 0.25) is 5.02 Å². The van der Waals surface area contributed by atoms with Crippen LogP contribution in [-0.2, 0) is 6.42 Å². The maximum Gasteiger partial charge on any atom is 0.137 e. The number of nitrogens with zero attached hydrogens (tertiary/aromatic N) is 1.